The number of nitrogens with zero attached hydrogens (tertiary/aromatic N) is 2. The van der Waals surface area contributed by atoms with Crippen LogP contribution in [0.3, 0.4) is 0 Å². The van der Waals surface area contributed by atoms with E-state index in [1.165, 1.54) is 26.6 Å². The molecule has 178 valence electrons. The average molecular weight is 518 g/mol. The van der Waals surface area contributed by atoms with Crippen molar-refractivity contribution in [1.82, 2.24) is 0 Å². The summed E-state index contributed by atoms with van der Waals surface area (Å²) in [7, 11) is -2.04. The van der Waals surface area contributed by atoms with Crippen LogP contribution in [-0.4, -0.2) is 45.2 Å². The van der Waals surface area contributed by atoms with E-state index in [1.54, 1.807) is 36.4 Å². The Morgan fingerprint density at radius 2 is 1.09 bits per heavy atom. The molecule has 12 nitrogen and oxygen atoms in total. The van der Waals surface area contributed by atoms with E-state index in [2.05, 4.69) is 9.98 Å². The fourth-order valence-corrected chi connectivity index (χ4v) is 2.03. The largest absolute Gasteiger partial charge is 3.00 e. The minimum atomic E-state index is -4.94. The summed E-state index contributed by atoms with van der Waals surface area (Å²) in [5.74, 6) is 0.190. The topological polar surface area (TPSA) is 246 Å². The second-order valence-electron chi connectivity index (χ2n) is 5.21. The Morgan fingerprint density at radius 3 is 1.38 bits per heavy atom. The van der Waals surface area contributed by atoms with Crippen LogP contribution in [-0.2, 0) is 22.5 Å². The number of hydrogen-bond donors (Lipinski definition) is 0. The zero-order valence-electron chi connectivity index (χ0n) is 17.0. The standard InChI is InChI=1S/C18H20N2O4.ClHO4.Mn.2H2O/c1-23-15-7-3-5-13(17(15)21)11-19-9-10-20-12-14-6-4-8-16(24-2)18(14)22;2-1(3,4)5;;;/h3-8,11-12,21-22H,9-10H2,1-2H3;(H,2,3,4,5);;2*1H2/q;;+3;;/p-2. The van der Waals surface area contributed by atoms with E-state index in [9.17, 15) is 10.2 Å². The van der Waals surface area contributed by atoms with Crippen molar-refractivity contribution in [3.63, 3.8) is 0 Å². The molecule has 0 amide bonds. The van der Waals surface area contributed by atoms with Crippen molar-refractivity contribution in [2.45, 2.75) is 0 Å². The Balaban J connectivity index is -0.000000949. The first-order valence-electron chi connectivity index (χ1n) is 7.96. The van der Waals surface area contributed by atoms with Crippen LogP contribution in [0.2, 0.25) is 0 Å². The van der Waals surface area contributed by atoms with Crippen molar-refractivity contribution in [2.75, 3.05) is 27.3 Å². The Bertz CT molecular complexity index is 777. The maximum Gasteiger partial charge on any atom is 3.00 e. The molecule has 0 aliphatic rings. The Kier molecular flexibility index (Phi) is 18.3. The summed E-state index contributed by atoms with van der Waals surface area (Å²) in [5, 5.41) is 23.8. The van der Waals surface area contributed by atoms with Gasteiger partial charge in [-0.15, -0.1) is 10.2 Å². The first kappa shape index (κ1) is 34.2. The number of para-hydroxylation sites is 2. The van der Waals surface area contributed by atoms with Crippen molar-refractivity contribution in [2.24, 2.45) is 9.98 Å². The van der Waals surface area contributed by atoms with Gasteiger partial charge < -0.3 is 30.6 Å². The molecule has 0 aliphatic carbocycles. The number of hydrogen-bond acceptors (Lipinski definition) is 10. The number of benzene rings is 2. The normalized spacial score (nSPS) is 10.3. The minimum absolute atomic E-state index is 0. The summed E-state index contributed by atoms with van der Waals surface area (Å²) in [4.78, 5) is 8.34. The number of methoxy groups -OCH3 is 2. The summed E-state index contributed by atoms with van der Waals surface area (Å²) < 4.78 is 43.9. The smallest absolute Gasteiger partial charge is 0.870 e. The molecule has 0 radical (unpaired) electrons. The molecule has 0 heterocycles. The van der Waals surface area contributed by atoms with Crippen molar-refractivity contribution >= 4 is 12.4 Å². The average Bonchev–Trinajstić information content (AvgIpc) is 2.65. The van der Waals surface area contributed by atoms with Crippen LogP contribution < -0.4 is 38.3 Å². The minimum Gasteiger partial charge on any atom is -0.870 e. The summed E-state index contributed by atoms with van der Waals surface area (Å²) >= 11 is 0. The van der Waals surface area contributed by atoms with Crippen LogP contribution in [0.25, 0.3) is 0 Å². The molecule has 0 aliphatic heterocycles. The van der Waals surface area contributed by atoms with Gasteiger partial charge in [0.1, 0.15) is 11.5 Å². The van der Waals surface area contributed by atoms with Gasteiger partial charge in [-0.25, -0.2) is 18.6 Å². The molecule has 32 heavy (non-hydrogen) atoms. The summed E-state index contributed by atoms with van der Waals surface area (Å²) in [5.41, 5.74) is 0.931. The number of aliphatic imine (C=N–C) groups is 2. The van der Waals surface area contributed by atoms with Crippen molar-refractivity contribution in [1.29, 1.82) is 0 Å². The van der Waals surface area contributed by atoms with Crippen LogP contribution in [0.1, 0.15) is 11.1 Å². The molecule has 0 saturated heterocycles. The van der Waals surface area contributed by atoms with E-state index in [-0.39, 0.29) is 51.0 Å². The van der Waals surface area contributed by atoms with Gasteiger partial charge in [0.25, 0.3) is 0 Å². The van der Waals surface area contributed by atoms with E-state index in [0.717, 1.165) is 0 Å². The molecule has 0 unspecified atom stereocenters. The van der Waals surface area contributed by atoms with Crippen LogP contribution in [0.4, 0.5) is 0 Å². The van der Waals surface area contributed by atoms with E-state index in [0.29, 0.717) is 24.2 Å². The van der Waals surface area contributed by atoms with Gasteiger partial charge in [-0.1, -0.05) is 35.8 Å². The molecule has 0 spiro atoms. The second kappa shape index (κ2) is 17.1. The third-order valence-electron chi connectivity index (χ3n) is 3.28. The van der Waals surface area contributed by atoms with Gasteiger partial charge in [0.05, 0.1) is 27.3 Å². The van der Waals surface area contributed by atoms with Gasteiger partial charge in [0, 0.05) is 12.4 Å². The molecule has 0 bridgehead atoms. The van der Waals surface area contributed by atoms with Gasteiger partial charge in [-0.3, -0.25) is 9.98 Å². The molecule has 0 fully saturated rings. The molecular weight excluding hydrogens is 495 g/mol. The van der Waals surface area contributed by atoms with Crippen LogP contribution in [0, 0.1) is 10.2 Å². The maximum atomic E-state index is 11.9. The predicted molar refractivity (Wildman–Crippen MR) is 98.3 cm³/mol. The van der Waals surface area contributed by atoms with Gasteiger partial charge in [-0.05, 0) is 23.3 Å². The fourth-order valence-electron chi connectivity index (χ4n) is 2.03. The SMILES string of the molecule is COc1cccc(C=NCCN=Cc2cccc(OC)c2[O-])c1[O-].O.[Mn+3].[O-][Cl+3]([O-])([O-])[O-].[OH3+]. The van der Waals surface area contributed by atoms with Crippen molar-refractivity contribution < 1.29 is 76.6 Å². The number of ether oxygens (including phenoxy) is 2. The fraction of sp³-hybridized carbons (Fsp3) is 0.222. The van der Waals surface area contributed by atoms with Crippen molar-refractivity contribution in [3.05, 3.63) is 47.5 Å². The van der Waals surface area contributed by atoms with Crippen LogP contribution in [0.15, 0.2) is 46.4 Å². The zero-order chi connectivity index (χ0) is 21.9. The van der Waals surface area contributed by atoms with E-state index in [4.69, 9.17) is 28.1 Å². The second-order valence-corrected chi connectivity index (χ2v) is 5.96. The third-order valence-corrected chi connectivity index (χ3v) is 3.28. The summed E-state index contributed by atoms with van der Waals surface area (Å²) in [6.07, 6.45) is 3.01. The van der Waals surface area contributed by atoms with Gasteiger partial charge in [0.15, 0.2) is 0 Å². The molecule has 14 heteroatoms. The van der Waals surface area contributed by atoms with Crippen LogP contribution >= 0.6 is 0 Å². The Labute approximate surface area is 196 Å². The Morgan fingerprint density at radius 1 is 0.781 bits per heavy atom. The summed E-state index contributed by atoms with van der Waals surface area (Å²) in [6.45, 7) is 0.816. The monoisotopic (exact) mass is 517 g/mol. The van der Waals surface area contributed by atoms with Gasteiger partial charge in [0.2, 0.25) is 0 Å². The molecule has 5 N–H and O–H groups in total. The number of rotatable bonds is 7. The zero-order valence-corrected chi connectivity index (χ0v) is 19.0. The molecule has 2 aromatic carbocycles. The first-order chi connectivity index (χ1) is 13.7. The van der Waals surface area contributed by atoms with Gasteiger partial charge in [-0.2, -0.15) is 0 Å². The van der Waals surface area contributed by atoms with E-state index >= 15 is 0 Å². The number of halogens is 1. The molecule has 0 saturated carbocycles. The Hall–Kier alpha value is -2.45. The molecule has 0 aromatic heterocycles. The van der Waals surface area contributed by atoms with E-state index in [1.807, 2.05) is 0 Å². The van der Waals surface area contributed by atoms with Crippen molar-refractivity contribution in [3.8, 4) is 23.0 Å². The first-order valence-corrected chi connectivity index (χ1v) is 9.20. The van der Waals surface area contributed by atoms with E-state index < -0.39 is 10.2 Å². The molecule has 0 atom stereocenters. The molecule has 2 aromatic rings. The predicted octanol–water partition coefficient (Wildman–Crippen LogP) is -5.12. The van der Waals surface area contributed by atoms with Gasteiger partial charge >= 0.3 is 17.1 Å². The quantitative estimate of drug-likeness (QED) is 0.148. The molecular formula is C18H23ClMnN2O10+. The van der Waals surface area contributed by atoms with Crippen LogP contribution in [0.5, 0.6) is 23.0 Å². The summed E-state index contributed by atoms with van der Waals surface area (Å²) in [6, 6.07) is 10.0. The third kappa shape index (κ3) is 13.1. The maximum absolute atomic E-state index is 11.9. The molecule has 2 rings (SSSR count).